The number of ether oxygens (including phenoxy) is 1. The zero-order valence-electron chi connectivity index (χ0n) is 6.51. The van der Waals surface area contributed by atoms with E-state index < -0.39 is 0 Å². The summed E-state index contributed by atoms with van der Waals surface area (Å²) < 4.78 is 6.75. The molecule has 0 spiro atoms. The fourth-order valence-electron chi connectivity index (χ4n) is 0.741. The van der Waals surface area contributed by atoms with Crippen molar-refractivity contribution >= 4 is 39.3 Å². The van der Waals surface area contributed by atoms with Crippen LogP contribution in [0.15, 0.2) is 4.73 Å². The van der Waals surface area contributed by atoms with E-state index in [1.54, 1.807) is 7.11 Å². The predicted octanol–water partition coefficient (Wildman–Crippen LogP) is 3.01. The molecule has 0 aliphatic carbocycles. The van der Waals surface area contributed by atoms with Crippen molar-refractivity contribution in [2.24, 2.45) is 0 Å². The summed E-state index contributed by atoms with van der Waals surface area (Å²) in [6, 6.07) is 0. The highest BCUT2D eigenvalue weighted by Gasteiger charge is 2.17. The lowest BCUT2D eigenvalue weighted by Gasteiger charge is -2.05. The minimum absolute atomic E-state index is 0.159. The van der Waals surface area contributed by atoms with Gasteiger partial charge in [-0.05, 0) is 22.9 Å². The molecule has 0 radical (unpaired) electrons. The van der Waals surface area contributed by atoms with E-state index in [2.05, 4.69) is 20.9 Å². The Labute approximate surface area is 88.9 Å². The van der Waals surface area contributed by atoms with E-state index in [-0.39, 0.29) is 6.10 Å². The molecule has 3 nitrogen and oxygen atoms in total. The third kappa shape index (κ3) is 1.76. The van der Waals surface area contributed by atoms with Gasteiger partial charge in [-0.25, -0.2) is 9.07 Å². The Balaban J connectivity index is 3.08. The van der Waals surface area contributed by atoms with Crippen molar-refractivity contribution in [3.63, 3.8) is 0 Å². The first-order valence-electron chi connectivity index (χ1n) is 3.20. The molecule has 1 atom stereocenters. The largest absolute Gasteiger partial charge is 0.375 e. The van der Waals surface area contributed by atoms with Crippen molar-refractivity contribution < 1.29 is 4.74 Å². The molecule has 0 aliphatic rings. The summed E-state index contributed by atoms with van der Waals surface area (Å²) in [5.74, 6) is 0. The fourth-order valence-corrected chi connectivity index (χ4v) is 1.61. The average Bonchev–Trinajstić information content (AvgIpc) is 2.32. The van der Waals surface area contributed by atoms with Gasteiger partial charge in [-0.15, -0.1) is 0 Å². The second-order valence-electron chi connectivity index (χ2n) is 2.22. The summed E-state index contributed by atoms with van der Waals surface area (Å²) in [6.07, 6.45) is -0.159. The number of nitrogens with zero attached hydrogens (tertiary/aromatic N) is 2. The summed E-state index contributed by atoms with van der Waals surface area (Å²) in [5.41, 5.74) is 0.626. The van der Waals surface area contributed by atoms with E-state index in [0.29, 0.717) is 15.6 Å². The minimum Gasteiger partial charge on any atom is -0.375 e. The molecule has 0 N–H and O–H groups in total. The van der Waals surface area contributed by atoms with E-state index in [0.717, 1.165) is 0 Å². The van der Waals surface area contributed by atoms with E-state index in [4.69, 9.17) is 28.1 Å². The van der Waals surface area contributed by atoms with Crippen LogP contribution in [0.2, 0.25) is 5.15 Å². The van der Waals surface area contributed by atoms with Crippen LogP contribution in [0.3, 0.4) is 0 Å². The third-order valence-electron chi connectivity index (χ3n) is 1.50. The Bertz CT molecular complexity index is 289. The lowest BCUT2D eigenvalue weighted by molar-refractivity contribution is 0.116. The predicted molar refractivity (Wildman–Crippen MR) is 51.6 cm³/mol. The van der Waals surface area contributed by atoms with Crippen molar-refractivity contribution in [3.8, 4) is 0 Å². The van der Waals surface area contributed by atoms with Crippen LogP contribution in [0.25, 0.3) is 0 Å². The van der Waals surface area contributed by atoms with Crippen molar-refractivity contribution in [2.45, 2.75) is 13.0 Å². The summed E-state index contributed by atoms with van der Waals surface area (Å²) in [6.45, 7) is 1.84. The summed E-state index contributed by atoms with van der Waals surface area (Å²) in [4.78, 5) is 4.07. The minimum atomic E-state index is -0.159. The topological polar surface area (TPSA) is 27.1 Å². The second kappa shape index (κ2) is 3.96. The Morgan fingerprint density at radius 2 is 2.25 bits per heavy atom. The monoisotopic (exact) mass is 272 g/mol. The van der Waals surface area contributed by atoms with Crippen LogP contribution >= 0.6 is 39.3 Å². The number of hydrogen-bond donors (Lipinski definition) is 0. The molecule has 1 aromatic heterocycles. The van der Waals surface area contributed by atoms with Gasteiger partial charge in [0.1, 0.15) is 5.69 Å². The molecule has 6 heteroatoms. The van der Waals surface area contributed by atoms with Gasteiger partial charge in [0.25, 0.3) is 0 Å². The molecule has 12 heavy (non-hydrogen) atoms. The fraction of sp³-hybridized carbons (Fsp3) is 0.500. The van der Waals surface area contributed by atoms with Gasteiger partial charge < -0.3 is 4.74 Å². The van der Waals surface area contributed by atoms with Gasteiger partial charge >= 0.3 is 0 Å². The standard InChI is InChI=1S/C6H7BrCl2N2O/c1-3(12-2)4-5(8)11(9)6(7)10-4/h3H,1-2H3. The van der Waals surface area contributed by atoms with Crippen LogP contribution in [0.1, 0.15) is 18.7 Å². The average molecular weight is 274 g/mol. The van der Waals surface area contributed by atoms with E-state index in [9.17, 15) is 0 Å². The molecule has 1 unspecified atom stereocenters. The maximum atomic E-state index is 5.85. The smallest absolute Gasteiger partial charge is 0.193 e. The van der Waals surface area contributed by atoms with Crippen molar-refractivity contribution in [3.05, 3.63) is 15.6 Å². The molecule has 1 aromatic rings. The zero-order chi connectivity index (χ0) is 9.30. The molecule has 68 valence electrons. The summed E-state index contributed by atoms with van der Waals surface area (Å²) >= 11 is 14.7. The highest BCUT2D eigenvalue weighted by Crippen LogP contribution is 2.28. The van der Waals surface area contributed by atoms with Gasteiger partial charge in [0.2, 0.25) is 0 Å². The van der Waals surface area contributed by atoms with E-state index in [1.165, 1.54) is 4.09 Å². The molecule has 0 saturated heterocycles. The van der Waals surface area contributed by atoms with Crippen LogP contribution in [0, 0.1) is 0 Å². The molecule has 0 amide bonds. The van der Waals surface area contributed by atoms with Crippen molar-refractivity contribution in [1.29, 1.82) is 0 Å². The number of halogens is 3. The van der Waals surface area contributed by atoms with Gasteiger partial charge in [0.15, 0.2) is 9.89 Å². The van der Waals surface area contributed by atoms with E-state index >= 15 is 0 Å². The highest BCUT2D eigenvalue weighted by molar-refractivity contribution is 9.10. The number of rotatable bonds is 2. The first-order valence-corrected chi connectivity index (χ1v) is 4.71. The van der Waals surface area contributed by atoms with Gasteiger partial charge in [0.05, 0.1) is 6.10 Å². The van der Waals surface area contributed by atoms with Gasteiger partial charge in [-0.3, -0.25) is 0 Å². The van der Waals surface area contributed by atoms with Gasteiger partial charge in [-0.1, -0.05) is 11.6 Å². The van der Waals surface area contributed by atoms with Crippen molar-refractivity contribution in [2.75, 3.05) is 7.11 Å². The quantitative estimate of drug-likeness (QED) is 0.828. The number of methoxy groups -OCH3 is 1. The molecule has 0 aliphatic heterocycles. The Morgan fingerprint density at radius 3 is 2.58 bits per heavy atom. The SMILES string of the molecule is COC(C)c1nc(Br)n(Cl)c1Cl. The maximum Gasteiger partial charge on any atom is 0.193 e. The molecule has 0 saturated carbocycles. The normalized spacial score (nSPS) is 13.4. The molecular formula is C6H7BrCl2N2O. The summed E-state index contributed by atoms with van der Waals surface area (Å²) in [7, 11) is 1.59. The first kappa shape index (κ1) is 10.3. The van der Waals surface area contributed by atoms with Crippen LogP contribution < -0.4 is 0 Å². The number of hydrogen-bond acceptors (Lipinski definition) is 2. The van der Waals surface area contributed by atoms with Crippen LogP contribution in [0.4, 0.5) is 0 Å². The molecule has 1 heterocycles. The number of aromatic nitrogens is 2. The summed E-state index contributed by atoms with van der Waals surface area (Å²) in [5, 5.41) is 0.373. The lowest BCUT2D eigenvalue weighted by atomic mass is 10.3. The van der Waals surface area contributed by atoms with Crippen LogP contribution in [-0.2, 0) is 4.74 Å². The molecule has 0 aromatic carbocycles. The molecule has 0 bridgehead atoms. The maximum absolute atomic E-state index is 5.85. The Hall–Kier alpha value is 0.230. The molecule has 0 fully saturated rings. The van der Waals surface area contributed by atoms with Crippen molar-refractivity contribution in [1.82, 2.24) is 9.07 Å². The van der Waals surface area contributed by atoms with E-state index in [1.807, 2.05) is 6.92 Å². The van der Waals surface area contributed by atoms with Crippen LogP contribution in [0.5, 0.6) is 0 Å². The van der Waals surface area contributed by atoms with Gasteiger partial charge in [0, 0.05) is 18.9 Å². The molecular weight excluding hydrogens is 267 g/mol. The lowest BCUT2D eigenvalue weighted by Crippen LogP contribution is -1.96. The molecule has 1 rings (SSSR count). The Kier molecular flexibility index (Phi) is 3.40. The highest BCUT2D eigenvalue weighted by atomic mass is 79.9. The second-order valence-corrected chi connectivity index (χ2v) is 3.62. The number of imidazole rings is 1. The van der Waals surface area contributed by atoms with Crippen LogP contribution in [-0.4, -0.2) is 16.2 Å². The Morgan fingerprint density at radius 1 is 1.67 bits per heavy atom. The third-order valence-corrected chi connectivity index (χ3v) is 3.01. The zero-order valence-corrected chi connectivity index (χ0v) is 9.61. The first-order chi connectivity index (χ1) is 5.57. The van der Waals surface area contributed by atoms with Gasteiger partial charge in [-0.2, -0.15) is 0 Å².